The maximum atomic E-state index is 12.0. The molecule has 0 saturated heterocycles. The molecule has 3 aromatic rings. The van der Waals surface area contributed by atoms with Gasteiger partial charge in [-0.2, -0.15) is 0 Å². The number of benzene rings is 2. The summed E-state index contributed by atoms with van der Waals surface area (Å²) in [5.41, 5.74) is 2.00. The van der Waals surface area contributed by atoms with Crippen LogP contribution in [0.2, 0.25) is 0 Å². The third-order valence-electron chi connectivity index (χ3n) is 4.06. The number of hydrogen-bond donors (Lipinski definition) is 0. The van der Waals surface area contributed by atoms with E-state index in [4.69, 9.17) is 13.9 Å². The van der Waals surface area contributed by atoms with E-state index in [1.165, 1.54) is 11.6 Å². The normalized spacial score (nSPS) is 10.9. The highest BCUT2D eigenvalue weighted by atomic mass is 16.6. The molecular weight excluding hydrogens is 332 g/mol. The fraction of sp³-hybridized carbons (Fsp3) is 0.238. The van der Waals surface area contributed by atoms with Crippen molar-refractivity contribution in [2.24, 2.45) is 0 Å². The molecule has 5 nitrogen and oxygen atoms in total. The summed E-state index contributed by atoms with van der Waals surface area (Å²) in [5, 5.41) is 0.824. The molecule has 0 aliphatic rings. The Hall–Kier alpha value is -3.08. The van der Waals surface area contributed by atoms with E-state index in [0.29, 0.717) is 23.0 Å². The Morgan fingerprint density at radius 3 is 2.42 bits per heavy atom. The van der Waals surface area contributed by atoms with Gasteiger partial charge in [-0.1, -0.05) is 26.0 Å². The molecule has 1 heterocycles. The third kappa shape index (κ3) is 4.11. The van der Waals surface area contributed by atoms with Gasteiger partial charge < -0.3 is 13.9 Å². The van der Waals surface area contributed by atoms with Crippen LogP contribution in [-0.4, -0.2) is 12.6 Å². The number of rotatable bonds is 5. The lowest BCUT2D eigenvalue weighted by Crippen LogP contribution is -2.17. The first kappa shape index (κ1) is 17.7. The first-order valence-corrected chi connectivity index (χ1v) is 8.40. The van der Waals surface area contributed by atoms with E-state index in [-0.39, 0.29) is 6.61 Å². The van der Waals surface area contributed by atoms with Gasteiger partial charge in [0.25, 0.3) is 0 Å². The van der Waals surface area contributed by atoms with Gasteiger partial charge in [0.2, 0.25) is 0 Å². The number of carbonyl (C=O) groups is 1. The van der Waals surface area contributed by atoms with Gasteiger partial charge in [0.1, 0.15) is 17.1 Å². The van der Waals surface area contributed by atoms with Gasteiger partial charge in [-0.15, -0.1) is 0 Å². The quantitative estimate of drug-likeness (QED) is 0.391. The molecule has 0 unspecified atom stereocenters. The molecule has 3 rings (SSSR count). The molecule has 134 valence electrons. The first-order valence-electron chi connectivity index (χ1n) is 8.40. The average molecular weight is 352 g/mol. The van der Waals surface area contributed by atoms with Crippen molar-refractivity contribution in [3.05, 3.63) is 70.1 Å². The summed E-state index contributed by atoms with van der Waals surface area (Å²) >= 11 is 0. The number of carbonyl (C=O) groups excluding carboxylic acids is 1. The molecule has 0 saturated carbocycles. The molecule has 0 aliphatic carbocycles. The summed E-state index contributed by atoms with van der Waals surface area (Å²) in [4.78, 5) is 23.4. The molecule has 0 spiro atoms. The monoisotopic (exact) mass is 352 g/mol. The van der Waals surface area contributed by atoms with Crippen molar-refractivity contribution in [3.63, 3.8) is 0 Å². The smallest absolute Gasteiger partial charge is 0.349 e. The minimum atomic E-state index is -0.506. The van der Waals surface area contributed by atoms with Gasteiger partial charge in [-0.25, -0.2) is 9.59 Å². The van der Waals surface area contributed by atoms with Crippen LogP contribution in [0.4, 0.5) is 0 Å². The van der Waals surface area contributed by atoms with Crippen molar-refractivity contribution in [2.45, 2.75) is 26.7 Å². The Bertz CT molecular complexity index is 983. The summed E-state index contributed by atoms with van der Waals surface area (Å²) in [5.74, 6) is 0.814. The fourth-order valence-electron chi connectivity index (χ4n) is 2.62. The third-order valence-corrected chi connectivity index (χ3v) is 4.06. The fourth-order valence-corrected chi connectivity index (χ4v) is 2.62. The molecule has 0 aliphatic heterocycles. The van der Waals surface area contributed by atoms with Crippen LogP contribution in [-0.2, 0) is 4.79 Å². The zero-order valence-electron chi connectivity index (χ0n) is 14.9. The van der Waals surface area contributed by atoms with Gasteiger partial charge in [-0.3, -0.25) is 0 Å². The Kier molecular flexibility index (Phi) is 5.07. The van der Waals surface area contributed by atoms with E-state index in [1.807, 2.05) is 19.1 Å². The number of ether oxygens (including phenoxy) is 2. The van der Waals surface area contributed by atoms with Gasteiger partial charge >= 0.3 is 11.6 Å². The summed E-state index contributed by atoms with van der Waals surface area (Å²) in [6, 6.07) is 13.9. The van der Waals surface area contributed by atoms with Crippen LogP contribution in [0.15, 0.2) is 57.7 Å². The second-order valence-electron chi connectivity index (χ2n) is 6.39. The molecule has 0 amide bonds. The Morgan fingerprint density at radius 1 is 1.04 bits per heavy atom. The standard InChI is InChI=1S/C21H20O5/c1-13(2)15-4-6-16(7-5-15)25-21(23)12-24-17-8-9-18-14(3)10-20(22)26-19(18)11-17/h4-11,13H,12H2,1-3H3. The van der Waals surface area contributed by atoms with Crippen LogP contribution in [0.25, 0.3) is 11.0 Å². The Labute approximate surface area is 151 Å². The van der Waals surface area contributed by atoms with E-state index in [9.17, 15) is 9.59 Å². The molecule has 5 heteroatoms. The van der Waals surface area contributed by atoms with Crippen molar-refractivity contribution < 1.29 is 18.7 Å². The Balaban J connectivity index is 1.64. The molecule has 26 heavy (non-hydrogen) atoms. The SMILES string of the molecule is Cc1cc(=O)oc2cc(OCC(=O)Oc3ccc(C(C)C)cc3)ccc12. The average Bonchev–Trinajstić information content (AvgIpc) is 2.60. The summed E-state index contributed by atoms with van der Waals surface area (Å²) in [7, 11) is 0. The van der Waals surface area contributed by atoms with Crippen LogP contribution < -0.4 is 15.1 Å². The molecule has 1 aromatic heterocycles. The lowest BCUT2D eigenvalue weighted by Gasteiger charge is -2.09. The number of hydrogen-bond acceptors (Lipinski definition) is 5. The number of fused-ring (bicyclic) bond motifs is 1. The molecule has 2 aromatic carbocycles. The minimum Gasteiger partial charge on any atom is -0.482 e. The second-order valence-corrected chi connectivity index (χ2v) is 6.39. The van der Waals surface area contributed by atoms with Crippen LogP contribution in [0.3, 0.4) is 0 Å². The second kappa shape index (κ2) is 7.44. The van der Waals surface area contributed by atoms with E-state index in [2.05, 4.69) is 13.8 Å². The Morgan fingerprint density at radius 2 is 1.73 bits per heavy atom. The number of aryl methyl sites for hydroxylation is 1. The lowest BCUT2D eigenvalue weighted by molar-refractivity contribution is -0.136. The van der Waals surface area contributed by atoms with Crippen molar-refractivity contribution in [3.8, 4) is 11.5 Å². The van der Waals surface area contributed by atoms with Gasteiger partial charge in [0, 0.05) is 17.5 Å². The molecule has 0 fully saturated rings. The van der Waals surface area contributed by atoms with Crippen molar-refractivity contribution in [1.82, 2.24) is 0 Å². The lowest BCUT2D eigenvalue weighted by atomic mass is 10.0. The summed E-state index contributed by atoms with van der Waals surface area (Å²) in [6.07, 6.45) is 0. The zero-order valence-corrected chi connectivity index (χ0v) is 14.9. The van der Waals surface area contributed by atoms with Crippen LogP contribution in [0.1, 0.15) is 30.9 Å². The molecule has 0 radical (unpaired) electrons. The van der Waals surface area contributed by atoms with Crippen LogP contribution >= 0.6 is 0 Å². The van der Waals surface area contributed by atoms with Gasteiger partial charge in [-0.05, 0) is 48.2 Å². The predicted molar refractivity (Wildman–Crippen MR) is 98.9 cm³/mol. The first-order chi connectivity index (χ1) is 12.4. The maximum Gasteiger partial charge on any atom is 0.349 e. The van der Waals surface area contributed by atoms with Crippen LogP contribution in [0, 0.1) is 6.92 Å². The minimum absolute atomic E-state index is 0.243. The highest BCUT2D eigenvalue weighted by Gasteiger charge is 2.09. The van der Waals surface area contributed by atoms with Crippen molar-refractivity contribution in [1.29, 1.82) is 0 Å². The molecule has 0 bridgehead atoms. The summed E-state index contributed by atoms with van der Waals surface area (Å²) in [6.45, 7) is 5.79. The predicted octanol–water partition coefficient (Wildman–Crippen LogP) is 4.21. The topological polar surface area (TPSA) is 65.7 Å². The van der Waals surface area contributed by atoms with Gasteiger partial charge in [0.05, 0.1) is 0 Å². The number of esters is 1. The van der Waals surface area contributed by atoms with Crippen molar-refractivity contribution >= 4 is 16.9 Å². The maximum absolute atomic E-state index is 12.0. The largest absolute Gasteiger partial charge is 0.482 e. The highest BCUT2D eigenvalue weighted by molar-refractivity contribution is 5.81. The van der Waals surface area contributed by atoms with E-state index in [0.717, 1.165) is 10.9 Å². The molecule has 0 atom stereocenters. The van der Waals surface area contributed by atoms with E-state index in [1.54, 1.807) is 30.3 Å². The molecule has 0 N–H and O–H groups in total. The highest BCUT2D eigenvalue weighted by Crippen LogP contribution is 2.22. The summed E-state index contributed by atoms with van der Waals surface area (Å²) < 4.78 is 15.9. The van der Waals surface area contributed by atoms with E-state index < -0.39 is 11.6 Å². The molecular formula is C21H20O5. The zero-order chi connectivity index (χ0) is 18.7. The van der Waals surface area contributed by atoms with E-state index >= 15 is 0 Å². The van der Waals surface area contributed by atoms with Crippen LogP contribution in [0.5, 0.6) is 11.5 Å². The van der Waals surface area contributed by atoms with Crippen molar-refractivity contribution in [2.75, 3.05) is 6.61 Å². The van der Waals surface area contributed by atoms with Gasteiger partial charge in [0.15, 0.2) is 6.61 Å².